The summed E-state index contributed by atoms with van der Waals surface area (Å²) in [5.74, 6) is 1.60. The highest BCUT2D eigenvalue weighted by molar-refractivity contribution is 5.99. The van der Waals surface area contributed by atoms with E-state index in [1.807, 2.05) is 37.4 Å². The molecule has 0 aliphatic carbocycles. The molecule has 2 aromatic heterocycles. The topological polar surface area (TPSA) is 92.3 Å². The minimum atomic E-state index is -0.315. The van der Waals surface area contributed by atoms with Crippen LogP contribution >= 0.6 is 0 Å². The number of morpholine rings is 1. The smallest absolute Gasteiger partial charge is 0.323 e. The molecule has 1 fully saturated rings. The van der Waals surface area contributed by atoms with Gasteiger partial charge >= 0.3 is 6.03 Å². The van der Waals surface area contributed by atoms with Crippen LogP contribution in [-0.2, 0) is 4.74 Å². The summed E-state index contributed by atoms with van der Waals surface area (Å²) in [4.78, 5) is 27.5. The van der Waals surface area contributed by atoms with E-state index in [-0.39, 0.29) is 6.03 Å². The normalized spacial score (nSPS) is 13.8. The molecule has 3 aromatic rings. The average Bonchev–Trinajstić information content (AvgIpc) is 2.76. The Morgan fingerprint density at radius 3 is 2.34 bits per heavy atom. The number of amides is 2. The van der Waals surface area contributed by atoms with Gasteiger partial charge in [-0.25, -0.2) is 14.8 Å². The Balaban J connectivity index is 1.45. The highest BCUT2D eigenvalue weighted by Gasteiger charge is 2.16. The first-order valence-electron chi connectivity index (χ1n) is 9.44. The molecule has 2 N–H and O–H groups in total. The third-order valence-electron chi connectivity index (χ3n) is 4.59. The quantitative estimate of drug-likeness (QED) is 0.710. The van der Waals surface area contributed by atoms with Crippen LogP contribution in [0.4, 0.5) is 22.0 Å². The molecule has 0 atom stereocenters. The lowest BCUT2D eigenvalue weighted by molar-refractivity contribution is 0.122. The molecule has 1 aliphatic heterocycles. The van der Waals surface area contributed by atoms with Crippen molar-refractivity contribution in [1.29, 1.82) is 0 Å². The van der Waals surface area contributed by atoms with Crippen LogP contribution in [0.15, 0.2) is 55.0 Å². The van der Waals surface area contributed by atoms with Gasteiger partial charge in [-0.15, -0.1) is 0 Å². The Labute approximate surface area is 169 Å². The van der Waals surface area contributed by atoms with Gasteiger partial charge in [0, 0.05) is 54.2 Å². The first kappa shape index (κ1) is 18.8. The van der Waals surface area contributed by atoms with Crippen molar-refractivity contribution in [2.75, 3.05) is 41.8 Å². The molecule has 0 saturated carbocycles. The van der Waals surface area contributed by atoms with Crippen molar-refractivity contribution < 1.29 is 9.53 Å². The van der Waals surface area contributed by atoms with Gasteiger partial charge in [-0.1, -0.05) is 0 Å². The largest absolute Gasteiger partial charge is 0.378 e. The Bertz CT molecular complexity index is 972. The van der Waals surface area contributed by atoms with Crippen LogP contribution < -0.4 is 15.5 Å². The number of carbonyl (C=O) groups excluding carboxylic acids is 1. The van der Waals surface area contributed by atoms with Crippen LogP contribution in [0.5, 0.6) is 0 Å². The van der Waals surface area contributed by atoms with Crippen LogP contribution in [-0.4, -0.2) is 47.3 Å². The molecule has 1 saturated heterocycles. The van der Waals surface area contributed by atoms with Gasteiger partial charge in [0.2, 0.25) is 0 Å². The summed E-state index contributed by atoms with van der Waals surface area (Å²) in [5, 5.41) is 5.56. The number of carbonyl (C=O) groups is 1. The third-order valence-corrected chi connectivity index (χ3v) is 4.59. The fourth-order valence-electron chi connectivity index (χ4n) is 3.10. The molecule has 1 aliphatic rings. The maximum absolute atomic E-state index is 12.1. The molecular weight excluding hydrogens is 368 g/mol. The molecule has 0 spiro atoms. The van der Waals surface area contributed by atoms with E-state index in [9.17, 15) is 4.79 Å². The van der Waals surface area contributed by atoms with Gasteiger partial charge in [-0.3, -0.25) is 4.98 Å². The number of hydrogen-bond donors (Lipinski definition) is 2. The van der Waals surface area contributed by atoms with Crippen molar-refractivity contribution >= 4 is 23.2 Å². The molecule has 8 heteroatoms. The van der Waals surface area contributed by atoms with Crippen LogP contribution in [0.1, 0.15) is 5.56 Å². The fourth-order valence-corrected chi connectivity index (χ4v) is 3.10. The van der Waals surface area contributed by atoms with E-state index in [1.54, 1.807) is 24.5 Å². The summed E-state index contributed by atoms with van der Waals surface area (Å²) in [6.45, 7) is 5.09. The van der Waals surface area contributed by atoms with E-state index < -0.39 is 0 Å². The Kier molecular flexibility index (Phi) is 5.62. The van der Waals surface area contributed by atoms with E-state index in [2.05, 4.69) is 25.5 Å². The number of nitrogens with zero attached hydrogens (tertiary/aromatic N) is 4. The van der Waals surface area contributed by atoms with Crippen molar-refractivity contribution in [2.45, 2.75) is 6.92 Å². The predicted octanol–water partition coefficient (Wildman–Crippen LogP) is 3.33. The zero-order valence-corrected chi connectivity index (χ0v) is 16.1. The number of nitrogens with one attached hydrogen (secondary N) is 2. The Morgan fingerprint density at radius 2 is 1.66 bits per heavy atom. The molecule has 148 valence electrons. The van der Waals surface area contributed by atoms with Gasteiger partial charge in [0.1, 0.15) is 5.82 Å². The van der Waals surface area contributed by atoms with E-state index in [0.29, 0.717) is 30.4 Å². The monoisotopic (exact) mass is 390 g/mol. The molecule has 3 heterocycles. The van der Waals surface area contributed by atoms with Gasteiger partial charge in [0.25, 0.3) is 0 Å². The average molecular weight is 390 g/mol. The second-order valence-corrected chi connectivity index (χ2v) is 6.69. The van der Waals surface area contributed by atoms with E-state index in [0.717, 1.165) is 30.0 Å². The minimum Gasteiger partial charge on any atom is -0.378 e. The number of urea groups is 1. The lowest BCUT2D eigenvalue weighted by Gasteiger charge is -2.29. The van der Waals surface area contributed by atoms with Crippen LogP contribution in [0.25, 0.3) is 11.4 Å². The summed E-state index contributed by atoms with van der Waals surface area (Å²) in [7, 11) is 0. The standard InChI is InChI=1S/C21H22N6O2/c1-15-14-23-19(26-20(15)27-10-12-29-13-11-27)16-2-4-17(5-3-16)24-21(28)25-18-6-8-22-9-7-18/h2-9,14H,10-13H2,1H3,(H2,22,24,25,28). The third kappa shape index (κ3) is 4.67. The van der Waals surface area contributed by atoms with Crippen molar-refractivity contribution in [1.82, 2.24) is 15.0 Å². The predicted molar refractivity (Wildman–Crippen MR) is 112 cm³/mol. The van der Waals surface area contributed by atoms with Gasteiger partial charge < -0.3 is 20.3 Å². The first-order chi connectivity index (χ1) is 14.2. The molecule has 4 rings (SSSR count). The lowest BCUT2D eigenvalue weighted by Crippen LogP contribution is -2.37. The summed E-state index contributed by atoms with van der Waals surface area (Å²) in [6, 6.07) is 10.6. The maximum atomic E-state index is 12.1. The lowest BCUT2D eigenvalue weighted by atomic mass is 10.2. The highest BCUT2D eigenvalue weighted by atomic mass is 16.5. The van der Waals surface area contributed by atoms with E-state index in [1.165, 1.54) is 0 Å². The molecule has 29 heavy (non-hydrogen) atoms. The van der Waals surface area contributed by atoms with Crippen molar-refractivity contribution in [3.63, 3.8) is 0 Å². The molecule has 8 nitrogen and oxygen atoms in total. The van der Waals surface area contributed by atoms with Gasteiger partial charge in [-0.2, -0.15) is 0 Å². The van der Waals surface area contributed by atoms with Gasteiger partial charge in [-0.05, 0) is 43.3 Å². The number of aromatic nitrogens is 3. The summed E-state index contributed by atoms with van der Waals surface area (Å²) < 4.78 is 5.43. The minimum absolute atomic E-state index is 0.315. The second-order valence-electron chi connectivity index (χ2n) is 6.69. The number of hydrogen-bond acceptors (Lipinski definition) is 6. The van der Waals surface area contributed by atoms with Crippen LogP contribution in [0, 0.1) is 6.92 Å². The fraction of sp³-hybridized carbons (Fsp3) is 0.238. The zero-order chi connectivity index (χ0) is 20.1. The number of anilines is 3. The molecule has 1 aromatic carbocycles. The summed E-state index contributed by atoms with van der Waals surface area (Å²) >= 11 is 0. The first-order valence-corrected chi connectivity index (χ1v) is 9.44. The van der Waals surface area contributed by atoms with Crippen molar-refractivity contribution in [3.05, 3.63) is 60.6 Å². The second kappa shape index (κ2) is 8.66. The highest BCUT2D eigenvalue weighted by Crippen LogP contribution is 2.23. The Morgan fingerprint density at radius 1 is 1.00 bits per heavy atom. The molecular formula is C21H22N6O2. The molecule has 0 radical (unpaired) electrons. The van der Waals surface area contributed by atoms with Crippen molar-refractivity contribution in [3.8, 4) is 11.4 Å². The summed E-state index contributed by atoms with van der Waals surface area (Å²) in [5.41, 5.74) is 3.29. The summed E-state index contributed by atoms with van der Waals surface area (Å²) in [6.07, 6.45) is 5.09. The maximum Gasteiger partial charge on any atom is 0.323 e. The van der Waals surface area contributed by atoms with Crippen LogP contribution in [0.3, 0.4) is 0 Å². The van der Waals surface area contributed by atoms with E-state index >= 15 is 0 Å². The molecule has 0 unspecified atom stereocenters. The number of pyridine rings is 1. The number of benzene rings is 1. The van der Waals surface area contributed by atoms with Gasteiger partial charge in [0.05, 0.1) is 13.2 Å². The SMILES string of the molecule is Cc1cnc(-c2ccc(NC(=O)Nc3ccncc3)cc2)nc1N1CCOCC1. The Hall–Kier alpha value is -3.52. The number of aryl methyl sites for hydroxylation is 1. The molecule has 0 bridgehead atoms. The zero-order valence-electron chi connectivity index (χ0n) is 16.1. The van der Waals surface area contributed by atoms with Crippen LogP contribution in [0.2, 0.25) is 0 Å². The number of ether oxygens (including phenoxy) is 1. The molecule has 2 amide bonds. The van der Waals surface area contributed by atoms with Crippen molar-refractivity contribution in [2.24, 2.45) is 0 Å². The van der Waals surface area contributed by atoms with E-state index in [4.69, 9.17) is 9.72 Å². The number of rotatable bonds is 4. The van der Waals surface area contributed by atoms with Gasteiger partial charge in [0.15, 0.2) is 5.82 Å².